The molecule has 33 heavy (non-hydrogen) atoms. The molecule has 1 saturated heterocycles. The second-order valence-corrected chi connectivity index (χ2v) is 9.74. The molecule has 0 spiro atoms. The van der Waals surface area contributed by atoms with Crippen molar-refractivity contribution in [2.45, 2.75) is 71.5 Å². The van der Waals surface area contributed by atoms with Crippen LogP contribution in [0.15, 0.2) is 36.4 Å². The molecule has 2 aliphatic rings. The van der Waals surface area contributed by atoms with Crippen LogP contribution in [0.4, 0.5) is 0 Å². The van der Waals surface area contributed by atoms with E-state index in [4.69, 9.17) is 16.3 Å². The summed E-state index contributed by atoms with van der Waals surface area (Å²) in [6.07, 6.45) is 4.41. The number of carbonyl (C=O) groups is 2. The first-order valence-corrected chi connectivity index (χ1v) is 12.3. The molecule has 0 unspecified atom stereocenters. The second kappa shape index (κ2) is 10.3. The van der Waals surface area contributed by atoms with Crippen molar-refractivity contribution in [2.75, 3.05) is 13.2 Å². The molecular weight excluding hydrogens is 436 g/mol. The Balaban J connectivity index is 1.41. The van der Waals surface area contributed by atoms with Crippen LogP contribution in [0.3, 0.4) is 0 Å². The third-order valence-corrected chi connectivity index (χ3v) is 7.46. The quantitative estimate of drug-likeness (QED) is 0.449. The first-order chi connectivity index (χ1) is 15.8. The third-order valence-electron chi connectivity index (χ3n) is 7.04. The summed E-state index contributed by atoms with van der Waals surface area (Å²) in [4.78, 5) is 27.4. The number of halogens is 1. The van der Waals surface area contributed by atoms with Crippen molar-refractivity contribution in [3.63, 3.8) is 0 Å². The van der Waals surface area contributed by atoms with Crippen molar-refractivity contribution in [3.8, 4) is 5.75 Å². The summed E-state index contributed by atoms with van der Waals surface area (Å²) in [5, 5.41) is 0.811. The summed E-state index contributed by atoms with van der Waals surface area (Å²) in [5.74, 6) is 0.600. The Labute approximate surface area is 201 Å². The maximum absolute atomic E-state index is 11.8. The number of carbonyl (C=O) groups excluding carboxylic acids is 2. The van der Waals surface area contributed by atoms with E-state index in [9.17, 15) is 9.59 Å². The summed E-state index contributed by atoms with van der Waals surface area (Å²) < 4.78 is 5.90. The molecule has 5 nitrogen and oxygen atoms in total. The Morgan fingerprint density at radius 1 is 1.06 bits per heavy atom. The van der Waals surface area contributed by atoms with Crippen LogP contribution in [0.25, 0.3) is 0 Å². The Hall–Kier alpha value is -2.37. The van der Waals surface area contributed by atoms with Gasteiger partial charge in [0.1, 0.15) is 12.4 Å². The molecule has 2 aromatic carbocycles. The van der Waals surface area contributed by atoms with Gasteiger partial charge in [-0.3, -0.25) is 19.4 Å². The zero-order valence-corrected chi connectivity index (χ0v) is 20.5. The number of rotatable bonds is 9. The summed E-state index contributed by atoms with van der Waals surface area (Å²) in [6.45, 7) is 7.90. The van der Waals surface area contributed by atoms with Crippen molar-refractivity contribution < 1.29 is 14.3 Å². The van der Waals surface area contributed by atoms with Gasteiger partial charge in [-0.2, -0.15) is 0 Å². The van der Waals surface area contributed by atoms with E-state index in [-0.39, 0.29) is 11.8 Å². The molecule has 2 fully saturated rings. The molecule has 1 aliphatic carbocycles. The molecule has 2 aromatic rings. The number of benzene rings is 2. The SMILES string of the molecule is Cc1cc([C@H](C)N(Cc2ccc(OCCN3C(=O)CCC3=O)c(C)c2)C2CCC2)ccc1Cl. The van der Waals surface area contributed by atoms with Crippen LogP contribution in [0.2, 0.25) is 5.02 Å². The van der Waals surface area contributed by atoms with Gasteiger partial charge >= 0.3 is 0 Å². The normalized spacial score (nSPS) is 17.5. The van der Waals surface area contributed by atoms with E-state index in [0.29, 0.717) is 38.1 Å². The van der Waals surface area contributed by atoms with E-state index in [1.807, 2.05) is 19.1 Å². The van der Waals surface area contributed by atoms with E-state index < -0.39 is 0 Å². The highest BCUT2D eigenvalue weighted by Gasteiger charge is 2.30. The van der Waals surface area contributed by atoms with Gasteiger partial charge in [-0.1, -0.05) is 42.3 Å². The first-order valence-electron chi connectivity index (χ1n) is 11.9. The van der Waals surface area contributed by atoms with Crippen LogP contribution >= 0.6 is 11.6 Å². The summed E-state index contributed by atoms with van der Waals surface area (Å²) in [5.41, 5.74) is 4.74. The number of imide groups is 1. The number of hydrogen-bond acceptors (Lipinski definition) is 4. The summed E-state index contributed by atoms with van der Waals surface area (Å²) in [6, 6.07) is 13.6. The third kappa shape index (κ3) is 5.42. The van der Waals surface area contributed by atoms with Gasteiger partial charge in [0.15, 0.2) is 0 Å². The van der Waals surface area contributed by atoms with Gasteiger partial charge in [-0.05, 0) is 68.0 Å². The van der Waals surface area contributed by atoms with Gasteiger partial charge in [0.25, 0.3) is 0 Å². The Morgan fingerprint density at radius 2 is 1.79 bits per heavy atom. The standard InChI is InChI=1S/C27H33ClN2O3/c1-18-16-22(8-9-24(18)28)20(3)30(23-5-4-6-23)17-21-7-10-25(19(2)15-21)33-14-13-29-26(31)11-12-27(29)32/h7-10,15-16,20,23H,4-6,11-14,17H2,1-3H3/t20-/m0/s1. The van der Waals surface area contributed by atoms with E-state index >= 15 is 0 Å². The molecule has 176 valence electrons. The number of amides is 2. The van der Waals surface area contributed by atoms with Crippen LogP contribution in [0.1, 0.15) is 67.3 Å². The lowest BCUT2D eigenvalue weighted by atomic mass is 9.88. The number of ether oxygens (including phenoxy) is 1. The minimum atomic E-state index is -0.100. The lowest BCUT2D eigenvalue weighted by molar-refractivity contribution is -0.138. The highest BCUT2D eigenvalue weighted by Crippen LogP contribution is 2.35. The molecule has 1 aliphatic heterocycles. The lowest BCUT2D eigenvalue weighted by Gasteiger charge is -2.42. The maximum atomic E-state index is 11.8. The monoisotopic (exact) mass is 468 g/mol. The average Bonchev–Trinajstić information content (AvgIpc) is 3.07. The Kier molecular flexibility index (Phi) is 7.40. The van der Waals surface area contributed by atoms with Crippen molar-refractivity contribution in [1.82, 2.24) is 9.80 Å². The van der Waals surface area contributed by atoms with Crippen LogP contribution in [-0.2, 0) is 16.1 Å². The van der Waals surface area contributed by atoms with Crippen LogP contribution in [0, 0.1) is 13.8 Å². The largest absolute Gasteiger partial charge is 0.491 e. The summed E-state index contributed by atoms with van der Waals surface area (Å²) >= 11 is 6.25. The minimum Gasteiger partial charge on any atom is -0.491 e. The van der Waals surface area contributed by atoms with Gasteiger partial charge in [0, 0.05) is 36.5 Å². The predicted octanol–water partition coefficient (Wildman–Crippen LogP) is 5.60. The van der Waals surface area contributed by atoms with Crippen molar-refractivity contribution in [2.24, 2.45) is 0 Å². The van der Waals surface area contributed by atoms with E-state index in [1.165, 1.54) is 35.3 Å². The number of nitrogens with zero attached hydrogens (tertiary/aromatic N) is 2. The van der Waals surface area contributed by atoms with Crippen molar-refractivity contribution in [1.29, 1.82) is 0 Å². The van der Waals surface area contributed by atoms with Gasteiger partial charge in [0.05, 0.1) is 6.54 Å². The molecule has 0 N–H and O–H groups in total. The van der Waals surface area contributed by atoms with Crippen molar-refractivity contribution in [3.05, 3.63) is 63.7 Å². The van der Waals surface area contributed by atoms with Crippen LogP contribution < -0.4 is 4.74 Å². The zero-order valence-electron chi connectivity index (χ0n) is 19.8. The van der Waals surface area contributed by atoms with Gasteiger partial charge < -0.3 is 4.74 Å². The molecular formula is C27H33ClN2O3. The van der Waals surface area contributed by atoms with Gasteiger partial charge in [-0.15, -0.1) is 0 Å². The van der Waals surface area contributed by atoms with E-state index in [2.05, 4.69) is 43.0 Å². The molecule has 0 radical (unpaired) electrons. The molecule has 1 heterocycles. The van der Waals surface area contributed by atoms with E-state index in [0.717, 1.165) is 28.4 Å². The van der Waals surface area contributed by atoms with Crippen LogP contribution in [0.5, 0.6) is 5.75 Å². The fourth-order valence-corrected chi connectivity index (χ4v) is 4.84. The summed E-state index contributed by atoms with van der Waals surface area (Å²) in [7, 11) is 0. The predicted molar refractivity (Wildman–Crippen MR) is 130 cm³/mol. The van der Waals surface area contributed by atoms with Crippen LogP contribution in [-0.4, -0.2) is 40.8 Å². The molecule has 0 bridgehead atoms. The van der Waals surface area contributed by atoms with Gasteiger partial charge in [-0.25, -0.2) is 0 Å². The fourth-order valence-electron chi connectivity index (χ4n) is 4.72. The molecule has 0 aromatic heterocycles. The maximum Gasteiger partial charge on any atom is 0.229 e. The highest BCUT2D eigenvalue weighted by atomic mass is 35.5. The average molecular weight is 469 g/mol. The molecule has 1 atom stereocenters. The molecule has 2 amide bonds. The zero-order chi connectivity index (χ0) is 23.5. The lowest BCUT2D eigenvalue weighted by Crippen LogP contribution is -2.41. The minimum absolute atomic E-state index is 0.100. The highest BCUT2D eigenvalue weighted by molar-refractivity contribution is 6.31. The second-order valence-electron chi connectivity index (χ2n) is 9.33. The first kappa shape index (κ1) is 23.8. The smallest absolute Gasteiger partial charge is 0.229 e. The fraction of sp³-hybridized carbons (Fsp3) is 0.481. The topological polar surface area (TPSA) is 49.9 Å². The Bertz CT molecular complexity index is 1020. The van der Waals surface area contributed by atoms with E-state index in [1.54, 1.807) is 0 Å². The van der Waals surface area contributed by atoms with Gasteiger partial charge in [0.2, 0.25) is 11.8 Å². The number of hydrogen-bond donors (Lipinski definition) is 0. The van der Waals surface area contributed by atoms with Crippen molar-refractivity contribution >= 4 is 23.4 Å². The molecule has 6 heteroatoms. The Morgan fingerprint density at radius 3 is 2.39 bits per heavy atom. The molecule has 1 saturated carbocycles. The number of likely N-dealkylation sites (tertiary alicyclic amines) is 1. The molecule has 4 rings (SSSR count). The number of aryl methyl sites for hydroxylation is 2.